The zero-order chi connectivity index (χ0) is 43.1. The minimum Gasteiger partial charge on any atom is -0.488 e. The second-order valence-corrected chi connectivity index (χ2v) is 16.4. The fraction of sp³-hybridized carbons (Fsp3) is 0.288. The highest BCUT2D eigenvalue weighted by atomic mass is 16.6. The van der Waals surface area contributed by atoms with Gasteiger partial charge in [0.15, 0.2) is 0 Å². The first-order valence-electron chi connectivity index (χ1n) is 21.9. The van der Waals surface area contributed by atoms with Crippen molar-refractivity contribution in [3.63, 3.8) is 0 Å². The fourth-order valence-electron chi connectivity index (χ4n) is 8.59. The average Bonchev–Trinajstić information content (AvgIpc) is 3.37. The Bertz CT molecular complexity index is 2780. The Kier molecular flexibility index (Phi) is 11.7. The molecule has 1 fully saturated rings. The van der Waals surface area contributed by atoms with E-state index in [-0.39, 0.29) is 0 Å². The van der Waals surface area contributed by atoms with Crippen LogP contribution in [0.5, 0.6) is 28.7 Å². The summed E-state index contributed by atoms with van der Waals surface area (Å²) in [5.74, 6) is 3.63. The zero-order valence-corrected chi connectivity index (χ0v) is 35.3. The molecule has 320 valence electrons. The van der Waals surface area contributed by atoms with Gasteiger partial charge in [-0.05, 0) is 119 Å². The van der Waals surface area contributed by atoms with E-state index in [2.05, 4.69) is 44.1 Å². The summed E-state index contributed by atoms with van der Waals surface area (Å²) in [6, 6.07) is 47.2. The smallest absolute Gasteiger partial charge is 0.146 e. The SMILES string of the molecule is CC12CC=CC=C1OC1CCC3Oc4ccccc4N=C=Nc4ccccc4OC3CCC3Oc4ccccc4N=C=Nc4ccccc4OC3CCC1Oc1ccccc1N=C=N2. The van der Waals surface area contributed by atoms with Gasteiger partial charge in [-0.2, -0.15) is 25.0 Å². The number of nitrogens with zero attached hydrogens (tertiary/aromatic N) is 6. The summed E-state index contributed by atoms with van der Waals surface area (Å²) in [6.07, 6.45) is 6.72. The van der Waals surface area contributed by atoms with Crippen molar-refractivity contribution in [1.82, 2.24) is 0 Å². The summed E-state index contributed by atoms with van der Waals surface area (Å²) in [5, 5.41) is 0. The Labute approximate surface area is 371 Å². The topological polar surface area (TPSA) is 130 Å². The second-order valence-electron chi connectivity index (χ2n) is 16.4. The Morgan fingerprint density at radius 2 is 0.703 bits per heavy atom. The van der Waals surface area contributed by atoms with Crippen LogP contribution in [-0.2, 0) is 4.74 Å². The van der Waals surface area contributed by atoms with E-state index in [0.29, 0.717) is 108 Å². The molecule has 0 spiro atoms. The Hall–Kier alpha value is -7.48. The third-order valence-corrected chi connectivity index (χ3v) is 12.0. The first-order chi connectivity index (χ1) is 31.5. The monoisotopic (exact) mass is 850 g/mol. The van der Waals surface area contributed by atoms with Crippen LogP contribution < -0.4 is 23.7 Å². The quantitative estimate of drug-likeness (QED) is 0.152. The normalized spacial score (nSPS) is 25.8. The second kappa shape index (κ2) is 18.5. The molecule has 1 saturated carbocycles. The fourth-order valence-corrected chi connectivity index (χ4v) is 8.59. The number of hydrogen-bond acceptors (Lipinski definition) is 12. The van der Waals surface area contributed by atoms with Gasteiger partial charge in [-0.1, -0.05) is 72.8 Å². The Morgan fingerprint density at radius 3 is 1.05 bits per heavy atom. The maximum Gasteiger partial charge on any atom is 0.146 e. The van der Waals surface area contributed by atoms with Crippen LogP contribution in [0.2, 0.25) is 0 Å². The molecular weight excluding hydrogens is 805 g/mol. The van der Waals surface area contributed by atoms with Crippen LogP contribution in [0, 0.1) is 0 Å². The molecular formula is C52H46N6O6. The maximum absolute atomic E-state index is 7.24. The lowest BCUT2D eigenvalue weighted by molar-refractivity contribution is -0.0411. The van der Waals surface area contributed by atoms with Crippen molar-refractivity contribution in [2.75, 3.05) is 0 Å². The van der Waals surface area contributed by atoms with E-state index in [1.807, 2.05) is 140 Å². The number of benzene rings is 5. The lowest BCUT2D eigenvalue weighted by Gasteiger charge is -2.38. The van der Waals surface area contributed by atoms with Gasteiger partial charge in [0, 0.05) is 0 Å². The first-order valence-corrected chi connectivity index (χ1v) is 21.9. The van der Waals surface area contributed by atoms with Gasteiger partial charge in [-0.25, -0.2) is 4.99 Å². The van der Waals surface area contributed by atoms with E-state index in [9.17, 15) is 0 Å². The van der Waals surface area contributed by atoms with Crippen LogP contribution in [0.25, 0.3) is 0 Å². The number of para-hydroxylation sites is 10. The van der Waals surface area contributed by atoms with E-state index in [1.54, 1.807) is 0 Å². The number of fused-ring (bicyclic) bond motifs is 9. The lowest BCUT2D eigenvalue weighted by atomic mass is 9.90. The van der Waals surface area contributed by atoms with Crippen LogP contribution in [0.3, 0.4) is 0 Å². The van der Waals surface area contributed by atoms with Crippen molar-refractivity contribution in [3.8, 4) is 28.7 Å². The molecule has 10 rings (SSSR count). The van der Waals surface area contributed by atoms with Gasteiger partial charge < -0.3 is 28.4 Å². The van der Waals surface area contributed by atoms with Gasteiger partial charge in [0.05, 0.1) is 6.01 Å². The minimum absolute atomic E-state index is 0.503. The van der Waals surface area contributed by atoms with Crippen molar-refractivity contribution in [3.05, 3.63) is 145 Å². The van der Waals surface area contributed by atoms with Gasteiger partial charge >= 0.3 is 0 Å². The molecule has 0 bridgehead atoms. The third-order valence-electron chi connectivity index (χ3n) is 12.0. The van der Waals surface area contributed by atoms with E-state index < -0.39 is 42.2 Å². The van der Waals surface area contributed by atoms with Gasteiger partial charge in [0.25, 0.3) is 0 Å². The van der Waals surface area contributed by atoms with Crippen LogP contribution in [0.1, 0.15) is 51.9 Å². The van der Waals surface area contributed by atoms with Gasteiger partial charge in [0.1, 0.15) is 117 Å². The maximum atomic E-state index is 7.24. The average molecular weight is 851 g/mol. The molecule has 5 aromatic rings. The summed E-state index contributed by atoms with van der Waals surface area (Å²) in [7, 11) is 0. The molecule has 0 aromatic heterocycles. The molecule has 2 aliphatic carbocycles. The number of rotatable bonds is 0. The van der Waals surface area contributed by atoms with Crippen LogP contribution in [0.15, 0.2) is 175 Å². The summed E-state index contributed by atoms with van der Waals surface area (Å²) in [4.78, 5) is 28.0. The molecule has 12 heteroatoms. The molecule has 3 aliphatic heterocycles. The summed E-state index contributed by atoms with van der Waals surface area (Å²) >= 11 is 0. The first kappa shape index (κ1) is 40.6. The Balaban J connectivity index is 1.13. The van der Waals surface area contributed by atoms with E-state index in [0.717, 1.165) is 0 Å². The molecule has 64 heavy (non-hydrogen) atoms. The van der Waals surface area contributed by atoms with Crippen LogP contribution in [0.4, 0.5) is 28.4 Å². The van der Waals surface area contributed by atoms with Crippen LogP contribution in [-0.4, -0.2) is 60.2 Å². The predicted octanol–water partition coefficient (Wildman–Crippen LogP) is 12.3. The minimum atomic E-state index is -0.750. The van der Waals surface area contributed by atoms with Gasteiger partial charge in [-0.3, -0.25) is 0 Å². The molecule has 0 N–H and O–H groups in total. The van der Waals surface area contributed by atoms with Gasteiger partial charge in [-0.15, -0.1) is 0 Å². The highest BCUT2D eigenvalue weighted by Gasteiger charge is 2.40. The number of ether oxygens (including phenoxy) is 6. The molecule has 0 amide bonds. The molecule has 0 radical (unpaired) electrons. The largest absolute Gasteiger partial charge is 0.488 e. The van der Waals surface area contributed by atoms with Crippen molar-refractivity contribution in [1.29, 1.82) is 0 Å². The predicted molar refractivity (Wildman–Crippen MR) is 245 cm³/mol. The van der Waals surface area contributed by atoms with Gasteiger partial charge in [0.2, 0.25) is 0 Å². The summed E-state index contributed by atoms with van der Waals surface area (Å²) < 4.78 is 42.7. The Morgan fingerprint density at radius 1 is 0.406 bits per heavy atom. The molecule has 5 aromatic carbocycles. The highest BCUT2D eigenvalue weighted by molar-refractivity contribution is 5.66. The highest BCUT2D eigenvalue weighted by Crippen LogP contribution is 2.41. The molecule has 3 heterocycles. The van der Waals surface area contributed by atoms with Crippen molar-refractivity contribution in [2.24, 2.45) is 30.0 Å². The lowest BCUT2D eigenvalue weighted by Crippen LogP contribution is -2.45. The summed E-state index contributed by atoms with van der Waals surface area (Å²) in [5.41, 5.74) is 2.27. The van der Waals surface area contributed by atoms with E-state index >= 15 is 0 Å². The molecule has 7 unspecified atom stereocenters. The standard InChI is InChI=1S/C52H46N6O6/c1-52-31-13-12-24-51(52)64-50-30-29-48-46(60-41-20-8-3-15-36(41)54-33-56-38-17-5-10-22-43(38)62-48)26-25-45-47(27-28-49(50)63-44-23-11-6-18-39(44)57-34-58-52)61-42-21-9-4-16-37(42)55-32-53-35-14-2-7-19-40(35)59-45/h2-24,45-50H,25-31H2,1H3. The summed E-state index contributed by atoms with van der Waals surface area (Å²) in [6.45, 7) is 2.05. The molecule has 0 saturated heterocycles. The van der Waals surface area contributed by atoms with Crippen molar-refractivity contribution in [2.45, 2.75) is 94.0 Å². The number of aliphatic imine (C=N–C) groups is 6. The number of allylic oxidation sites excluding steroid dienone is 2. The number of hydrogen-bond donors (Lipinski definition) is 0. The van der Waals surface area contributed by atoms with Crippen LogP contribution >= 0.6 is 0 Å². The third kappa shape index (κ3) is 9.03. The molecule has 5 aliphatic rings. The van der Waals surface area contributed by atoms with Crippen molar-refractivity contribution >= 4 is 46.5 Å². The zero-order valence-electron chi connectivity index (χ0n) is 35.3. The van der Waals surface area contributed by atoms with E-state index in [1.165, 1.54) is 0 Å². The molecule has 7 atom stereocenters. The molecule has 12 nitrogen and oxygen atoms in total. The van der Waals surface area contributed by atoms with E-state index in [4.69, 9.17) is 38.4 Å². The van der Waals surface area contributed by atoms with Crippen molar-refractivity contribution < 1.29 is 28.4 Å².